The van der Waals surface area contributed by atoms with E-state index in [4.69, 9.17) is 0 Å². The molecular weight excluding hydrogens is 186 g/mol. The number of hydrogen-bond donors (Lipinski definition) is 1. The summed E-state index contributed by atoms with van der Waals surface area (Å²) in [5.74, 6) is 0. The zero-order valence-corrected chi connectivity index (χ0v) is 8.60. The lowest BCUT2D eigenvalue weighted by molar-refractivity contribution is 0.0893. The lowest BCUT2D eigenvalue weighted by Gasteiger charge is -2.37. The summed E-state index contributed by atoms with van der Waals surface area (Å²) in [6.07, 6.45) is 0.604. The molecule has 2 rings (SSSR count). The topological polar surface area (TPSA) is 15.3 Å². The highest BCUT2D eigenvalue weighted by molar-refractivity contribution is 4.97. The summed E-state index contributed by atoms with van der Waals surface area (Å²) in [5, 5.41) is 2.96. The fourth-order valence-corrected chi connectivity index (χ4v) is 2.61. The van der Waals surface area contributed by atoms with Gasteiger partial charge >= 0.3 is 0 Å². The van der Waals surface area contributed by atoms with E-state index in [1.165, 1.54) is 0 Å². The first-order chi connectivity index (χ1) is 6.61. The Morgan fingerprint density at radius 2 is 2.00 bits per heavy atom. The Labute approximate surface area is 83.7 Å². The van der Waals surface area contributed by atoms with E-state index in [-0.39, 0.29) is 5.41 Å². The molecule has 0 amide bonds. The van der Waals surface area contributed by atoms with Gasteiger partial charge in [0.1, 0.15) is 0 Å². The van der Waals surface area contributed by atoms with Crippen molar-refractivity contribution < 1.29 is 8.78 Å². The van der Waals surface area contributed by atoms with E-state index in [1.54, 1.807) is 0 Å². The average Bonchev–Trinajstić information content (AvgIpc) is 2.56. The summed E-state index contributed by atoms with van der Waals surface area (Å²) in [7, 11) is 2.10. The number of rotatable bonds is 1. The molecule has 1 unspecified atom stereocenters. The molecule has 0 aromatic carbocycles. The summed E-state index contributed by atoms with van der Waals surface area (Å²) < 4.78 is 25.0. The predicted molar refractivity (Wildman–Crippen MR) is 51.6 cm³/mol. The van der Waals surface area contributed by atoms with Gasteiger partial charge < -0.3 is 10.2 Å². The van der Waals surface area contributed by atoms with Crippen LogP contribution in [0.4, 0.5) is 8.78 Å². The number of piperidine rings is 1. The van der Waals surface area contributed by atoms with Crippen LogP contribution in [0, 0.1) is 5.41 Å². The van der Waals surface area contributed by atoms with Crippen LogP contribution in [0.25, 0.3) is 0 Å². The van der Waals surface area contributed by atoms with E-state index in [1.807, 2.05) is 0 Å². The molecule has 1 atom stereocenters. The Hall–Kier alpha value is -0.220. The second kappa shape index (κ2) is 3.74. The van der Waals surface area contributed by atoms with Crippen molar-refractivity contribution >= 4 is 0 Å². The van der Waals surface area contributed by atoms with Crippen LogP contribution in [0.5, 0.6) is 0 Å². The number of likely N-dealkylation sites (tertiary alicyclic amines) is 1. The SMILES string of the molecule is CN1CCC2(CC1)CNC(C(F)F)C2. The van der Waals surface area contributed by atoms with Crippen LogP contribution in [0.2, 0.25) is 0 Å². The van der Waals surface area contributed by atoms with Crippen LogP contribution in [-0.4, -0.2) is 44.0 Å². The van der Waals surface area contributed by atoms with Crippen molar-refractivity contribution in [3.63, 3.8) is 0 Å². The number of alkyl halides is 2. The molecule has 2 aliphatic heterocycles. The lowest BCUT2D eigenvalue weighted by Crippen LogP contribution is -2.39. The molecule has 1 N–H and O–H groups in total. The summed E-state index contributed by atoms with van der Waals surface area (Å²) in [6, 6.07) is -0.557. The summed E-state index contributed by atoms with van der Waals surface area (Å²) in [5.41, 5.74) is 0.174. The molecule has 0 bridgehead atoms. The van der Waals surface area contributed by atoms with Crippen molar-refractivity contribution in [1.29, 1.82) is 0 Å². The minimum absolute atomic E-state index is 0.174. The van der Waals surface area contributed by atoms with Crippen LogP contribution in [0.15, 0.2) is 0 Å². The predicted octanol–water partition coefficient (Wildman–Crippen LogP) is 1.33. The Morgan fingerprint density at radius 3 is 2.50 bits per heavy atom. The van der Waals surface area contributed by atoms with E-state index < -0.39 is 12.5 Å². The molecule has 0 radical (unpaired) electrons. The highest BCUT2D eigenvalue weighted by Gasteiger charge is 2.43. The quantitative estimate of drug-likeness (QED) is 0.693. The summed E-state index contributed by atoms with van der Waals surface area (Å²) in [6.45, 7) is 2.89. The molecule has 0 aliphatic carbocycles. The summed E-state index contributed by atoms with van der Waals surface area (Å²) in [4.78, 5) is 2.28. The highest BCUT2D eigenvalue weighted by Crippen LogP contribution is 2.40. The molecule has 82 valence electrons. The maximum atomic E-state index is 12.5. The lowest BCUT2D eigenvalue weighted by atomic mass is 9.77. The van der Waals surface area contributed by atoms with Crippen molar-refractivity contribution in [2.75, 3.05) is 26.7 Å². The Bertz CT molecular complexity index is 200. The minimum atomic E-state index is -2.20. The van der Waals surface area contributed by atoms with Crippen LogP contribution < -0.4 is 5.32 Å². The first kappa shape index (κ1) is 10.3. The maximum Gasteiger partial charge on any atom is 0.253 e. The van der Waals surface area contributed by atoms with E-state index in [0.717, 1.165) is 32.5 Å². The summed E-state index contributed by atoms with van der Waals surface area (Å²) >= 11 is 0. The van der Waals surface area contributed by atoms with Gasteiger partial charge in [0.05, 0.1) is 6.04 Å². The molecule has 2 aliphatic rings. The largest absolute Gasteiger partial charge is 0.308 e. The Morgan fingerprint density at radius 1 is 1.36 bits per heavy atom. The van der Waals surface area contributed by atoms with E-state index in [0.29, 0.717) is 6.42 Å². The number of hydrogen-bond acceptors (Lipinski definition) is 2. The van der Waals surface area contributed by atoms with Gasteiger partial charge in [0.15, 0.2) is 0 Å². The molecule has 2 fully saturated rings. The highest BCUT2D eigenvalue weighted by atomic mass is 19.3. The third kappa shape index (κ3) is 1.91. The van der Waals surface area contributed by atoms with Gasteiger partial charge in [-0.05, 0) is 44.8 Å². The second-order valence-corrected chi connectivity index (χ2v) is 4.83. The first-order valence-electron chi connectivity index (χ1n) is 5.31. The number of nitrogens with zero attached hydrogens (tertiary/aromatic N) is 1. The van der Waals surface area contributed by atoms with Gasteiger partial charge in [-0.15, -0.1) is 0 Å². The van der Waals surface area contributed by atoms with Crippen LogP contribution in [0.1, 0.15) is 19.3 Å². The van der Waals surface area contributed by atoms with Gasteiger partial charge in [0.2, 0.25) is 0 Å². The molecule has 0 aromatic rings. The fraction of sp³-hybridized carbons (Fsp3) is 1.00. The van der Waals surface area contributed by atoms with Gasteiger partial charge in [0.25, 0.3) is 6.43 Å². The average molecular weight is 204 g/mol. The van der Waals surface area contributed by atoms with E-state index in [9.17, 15) is 8.78 Å². The molecule has 1 spiro atoms. The zero-order valence-electron chi connectivity index (χ0n) is 8.60. The number of nitrogens with one attached hydrogen (secondary N) is 1. The number of halogens is 2. The Kier molecular flexibility index (Phi) is 2.75. The fourth-order valence-electron chi connectivity index (χ4n) is 2.61. The molecule has 4 heteroatoms. The van der Waals surface area contributed by atoms with E-state index in [2.05, 4.69) is 17.3 Å². The maximum absolute atomic E-state index is 12.5. The Balaban J connectivity index is 1.93. The third-order valence-corrected chi connectivity index (χ3v) is 3.74. The second-order valence-electron chi connectivity index (χ2n) is 4.83. The van der Waals surface area contributed by atoms with Crippen molar-refractivity contribution in [3.8, 4) is 0 Å². The molecule has 14 heavy (non-hydrogen) atoms. The minimum Gasteiger partial charge on any atom is -0.308 e. The van der Waals surface area contributed by atoms with Crippen molar-refractivity contribution in [2.24, 2.45) is 5.41 Å². The smallest absolute Gasteiger partial charge is 0.253 e. The van der Waals surface area contributed by atoms with Crippen molar-refractivity contribution in [3.05, 3.63) is 0 Å². The van der Waals surface area contributed by atoms with E-state index >= 15 is 0 Å². The zero-order chi connectivity index (χ0) is 10.2. The van der Waals surface area contributed by atoms with Gasteiger partial charge in [-0.2, -0.15) is 0 Å². The molecule has 0 aromatic heterocycles. The molecule has 2 saturated heterocycles. The van der Waals surface area contributed by atoms with Gasteiger partial charge in [-0.25, -0.2) is 8.78 Å². The molecular formula is C10H18F2N2. The molecule has 2 nitrogen and oxygen atoms in total. The van der Waals surface area contributed by atoms with Gasteiger partial charge in [-0.1, -0.05) is 0 Å². The standard InChI is InChI=1S/C10H18F2N2/c1-14-4-2-10(3-5-14)6-8(9(11)12)13-7-10/h8-9,13H,2-7H2,1H3. The third-order valence-electron chi connectivity index (χ3n) is 3.74. The normalized spacial score (nSPS) is 33.0. The van der Waals surface area contributed by atoms with Crippen molar-refractivity contribution in [2.45, 2.75) is 31.7 Å². The monoisotopic (exact) mass is 204 g/mol. The van der Waals surface area contributed by atoms with Crippen LogP contribution in [0.3, 0.4) is 0 Å². The van der Waals surface area contributed by atoms with Gasteiger partial charge in [0, 0.05) is 6.54 Å². The van der Waals surface area contributed by atoms with Crippen LogP contribution in [-0.2, 0) is 0 Å². The van der Waals surface area contributed by atoms with Gasteiger partial charge in [-0.3, -0.25) is 0 Å². The molecule has 0 saturated carbocycles. The molecule has 2 heterocycles. The van der Waals surface area contributed by atoms with Crippen molar-refractivity contribution in [1.82, 2.24) is 10.2 Å². The van der Waals surface area contributed by atoms with Crippen LogP contribution >= 0.6 is 0 Å². The first-order valence-corrected chi connectivity index (χ1v) is 5.31.